The van der Waals surface area contributed by atoms with Gasteiger partial charge in [-0.15, -0.1) is 0 Å². The monoisotopic (exact) mass is 821 g/mol. The molecule has 9 aromatic rings. The molecular formula is C63H51N. The standard InChI is InChI=1S/C63H51N/c1-62(2)57-19-8-5-16-54(57)56-18-11-17-52(61(56)62)42-24-27-47(28-25-42)64(60-21-10-7-14-51(60)44-26-30-50-43(37-44)23-22-41-12-3-4-13-49(41)50)48-29-31-55-53-15-6-9-20-58(53)63(59(55)38-48)45-33-39-32-40(35-45)36-46(63)34-39/h3-31,37-40,45-46H,32-36H2,1-2H3. The number of hydrogen-bond acceptors (Lipinski definition) is 1. The van der Waals surface area contributed by atoms with E-state index in [4.69, 9.17) is 0 Å². The van der Waals surface area contributed by atoms with E-state index in [0.717, 1.165) is 11.8 Å². The van der Waals surface area contributed by atoms with Gasteiger partial charge in [0.2, 0.25) is 0 Å². The molecule has 1 heteroatoms. The zero-order valence-electron chi connectivity index (χ0n) is 36.7. The molecule has 4 fully saturated rings. The topological polar surface area (TPSA) is 3.24 Å². The zero-order chi connectivity index (χ0) is 42.3. The fourth-order valence-electron chi connectivity index (χ4n) is 14.7. The Labute approximate surface area is 377 Å². The first-order valence-corrected chi connectivity index (χ1v) is 23.8. The molecule has 6 aliphatic rings. The summed E-state index contributed by atoms with van der Waals surface area (Å²) in [7, 11) is 0. The van der Waals surface area contributed by atoms with Crippen molar-refractivity contribution in [3.05, 3.63) is 210 Å². The van der Waals surface area contributed by atoms with Crippen LogP contribution in [0.3, 0.4) is 0 Å². The predicted molar refractivity (Wildman–Crippen MR) is 268 cm³/mol. The molecule has 0 atom stereocenters. The average molecular weight is 822 g/mol. The van der Waals surface area contributed by atoms with E-state index in [0.29, 0.717) is 11.8 Å². The molecule has 0 N–H and O–H groups in total. The van der Waals surface area contributed by atoms with Crippen LogP contribution in [-0.4, -0.2) is 0 Å². The average Bonchev–Trinajstić information content (AvgIpc) is 3.76. The van der Waals surface area contributed by atoms with Crippen molar-refractivity contribution in [1.82, 2.24) is 0 Å². The Balaban J connectivity index is 0.954. The van der Waals surface area contributed by atoms with E-state index in [9.17, 15) is 0 Å². The Hall–Kier alpha value is -6.70. The van der Waals surface area contributed by atoms with Crippen LogP contribution in [0.1, 0.15) is 68.2 Å². The lowest BCUT2D eigenvalue weighted by molar-refractivity contribution is -0.0399. The lowest BCUT2D eigenvalue weighted by Gasteiger charge is -2.61. The van der Waals surface area contributed by atoms with Crippen molar-refractivity contribution in [3.8, 4) is 44.5 Å². The van der Waals surface area contributed by atoms with Gasteiger partial charge < -0.3 is 4.90 Å². The third-order valence-electron chi connectivity index (χ3n) is 17.0. The number of rotatable bonds is 5. The molecule has 0 radical (unpaired) electrons. The van der Waals surface area contributed by atoms with E-state index in [1.54, 1.807) is 11.1 Å². The van der Waals surface area contributed by atoms with Crippen LogP contribution in [0.4, 0.5) is 17.1 Å². The Kier molecular flexibility index (Phi) is 7.70. The molecule has 0 heterocycles. The van der Waals surface area contributed by atoms with Gasteiger partial charge in [0.05, 0.1) is 5.69 Å². The molecule has 9 aromatic carbocycles. The number of anilines is 3. The minimum absolute atomic E-state index is 0.0869. The Morgan fingerprint density at radius 3 is 1.77 bits per heavy atom. The molecule has 1 nitrogen and oxygen atoms in total. The lowest BCUT2D eigenvalue weighted by atomic mass is 9.43. The van der Waals surface area contributed by atoms with Crippen molar-refractivity contribution in [2.45, 2.75) is 56.8 Å². The van der Waals surface area contributed by atoms with E-state index >= 15 is 0 Å². The summed E-state index contributed by atoms with van der Waals surface area (Å²) in [5.41, 5.74) is 20.3. The van der Waals surface area contributed by atoms with Gasteiger partial charge in [-0.3, -0.25) is 0 Å². The molecule has 6 aliphatic carbocycles. The Bertz CT molecular complexity index is 3360. The first kappa shape index (κ1) is 36.8. The third kappa shape index (κ3) is 5.02. The third-order valence-corrected chi connectivity index (χ3v) is 17.0. The second-order valence-corrected chi connectivity index (χ2v) is 20.5. The molecule has 0 amide bonds. The molecule has 1 spiro atoms. The molecule has 4 bridgehead atoms. The molecule has 0 unspecified atom stereocenters. The first-order chi connectivity index (χ1) is 31.4. The highest BCUT2D eigenvalue weighted by Gasteiger charge is 2.61. The Morgan fingerprint density at radius 2 is 0.969 bits per heavy atom. The summed E-state index contributed by atoms with van der Waals surface area (Å²) < 4.78 is 0. The normalized spacial score (nSPS) is 22.7. The molecular weight excluding hydrogens is 771 g/mol. The van der Waals surface area contributed by atoms with Crippen LogP contribution in [0.25, 0.3) is 66.1 Å². The molecule has 308 valence electrons. The largest absolute Gasteiger partial charge is 0.310 e. The van der Waals surface area contributed by atoms with Gasteiger partial charge in [-0.25, -0.2) is 0 Å². The van der Waals surface area contributed by atoms with Crippen LogP contribution in [0.5, 0.6) is 0 Å². The zero-order valence-corrected chi connectivity index (χ0v) is 36.7. The molecule has 15 rings (SSSR count). The van der Waals surface area contributed by atoms with Crippen molar-refractivity contribution in [2.24, 2.45) is 23.7 Å². The van der Waals surface area contributed by atoms with Gasteiger partial charge in [0.15, 0.2) is 0 Å². The summed E-state index contributed by atoms with van der Waals surface area (Å²) in [5, 5.41) is 5.14. The smallest absolute Gasteiger partial charge is 0.0540 e. The number of para-hydroxylation sites is 1. The van der Waals surface area contributed by atoms with Crippen LogP contribution < -0.4 is 4.90 Å². The van der Waals surface area contributed by atoms with Crippen LogP contribution in [0.15, 0.2) is 188 Å². The van der Waals surface area contributed by atoms with E-state index in [2.05, 4.69) is 207 Å². The van der Waals surface area contributed by atoms with E-state index in [-0.39, 0.29) is 10.8 Å². The SMILES string of the molecule is CC1(C)c2ccccc2-c2cccc(-c3ccc(N(c4ccc5c(c4)C4(c6ccccc6-5)C5CC6CC(C5)CC4C6)c4ccccc4-c4ccc5c(ccc6ccccc65)c4)cc3)c21. The molecule has 64 heavy (non-hydrogen) atoms. The maximum Gasteiger partial charge on any atom is 0.0540 e. The van der Waals surface area contributed by atoms with Crippen molar-refractivity contribution in [2.75, 3.05) is 4.90 Å². The molecule has 0 aliphatic heterocycles. The second-order valence-electron chi connectivity index (χ2n) is 20.5. The van der Waals surface area contributed by atoms with Gasteiger partial charge in [0, 0.05) is 27.8 Å². The Morgan fingerprint density at radius 1 is 0.391 bits per heavy atom. The summed E-state index contributed by atoms with van der Waals surface area (Å²) in [6, 6.07) is 72.0. The van der Waals surface area contributed by atoms with E-state index < -0.39 is 0 Å². The minimum Gasteiger partial charge on any atom is -0.310 e. The van der Waals surface area contributed by atoms with Crippen LogP contribution in [0.2, 0.25) is 0 Å². The number of fused-ring (bicyclic) bond motifs is 9. The minimum atomic E-state index is -0.0891. The summed E-state index contributed by atoms with van der Waals surface area (Å²) in [6.07, 6.45) is 6.96. The molecule has 0 aromatic heterocycles. The highest BCUT2D eigenvalue weighted by Crippen LogP contribution is 2.69. The summed E-state index contributed by atoms with van der Waals surface area (Å²) in [4.78, 5) is 2.58. The van der Waals surface area contributed by atoms with E-state index in [1.165, 1.54) is 126 Å². The van der Waals surface area contributed by atoms with Gasteiger partial charge >= 0.3 is 0 Å². The number of hydrogen-bond donors (Lipinski definition) is 0. The van der Waals surface area contributed by atoms with Gasteiger partial charge in [0.1, 0.15) is 0 Å². The second kappa shape index (κ2) is 13.4. The van der Waals surface area contributed by atoms with Crippen molar-refractivity contribution >= 4 is 38.6 Å². The van der Waals surface area contributed by atoms with E-state index in [1.807, 2.05) is 0 Å². The maximum atomic E-state index is 2.65. The predicted octanol–water partition coefficient (Wildman–Crippen LogP) is 16.8. The van der Waals surface area contributed by atoms with Crippen LogP contribution >= 0.6 is 0 Å². The van der Waals surface area contributed by atoms with Crippen molar-refractivity contribution < 1.29 is 0 Å². The number of benzene rings is 9. The summed E-state index contributed by atoms with van der Waals surface area (Å²) in [5.74, 6) is 3.22. The highest BCUT2D eigenvalue weighted by atomic mass is 15.1. The molecule has 4 saturated carbocycles. The van der Waals surface area contributed by atoms with Crippen molar-refractivity contribution in [1.29, 1.82) is 0 Å². The maximum absolute atomic E-state index is 2.65. The van der Waals surface area contributed by atoms with Gasteiger partial charge in [-0.05, 0) is 175 Å². The fourth-order valence-corrected chi connectivity index (χ4v) is 14.7. The summed E-state index contributed by atoms with van der Waals surface area (Å²) >= 11 is 0. The lowest BCUT2D eigenvalue weighted by Crippen LogP contribution is -2.55. The van der Waals surface area contributed by atoms with Crippen LogP contribution in [0, 0.1) is 23.7 Å². The summed E-state index contributed by atoms with van der Waals surface area (Å²) in [6.45, 7) is 4.79. The van der Waals surface area contributed by atoms with Gasteiger partial charge in [0.25, 0.3) is 0 Å². The quantitative estimate of drug-likeness (QED) is 0.156. The first-order valence-electron chi connectivity index (χ1n) is 23.8. The molecule has 0 saturated heterocycles. The van der Waals surface area contributed by atoms with Gasteiger partial charge in [-0.2, -0.15) is 0 Å². The fraction of sp³-hybridized carbons (Fsp3) is 0.206. The van der Waals surface area contributed by atoms with Crippen molar-refractivity contribution in [3.63, 3.8) is 0 Å². The highest BCUT2D eigenvalue weighted by molar-refractivity contribution is 6.09. The van der Waals surface area contributed by atoms with Gasteiger partial charge in [-0.1, -0.05) is 166 Å². The number of nitrogens with zero attached hydrogens (tertiary/aromatic N) is 1. The van der Waals surface area contributed by atoms with Crippen LogP contribution in [-0.2, 0) is 10.8 Å².